The van der Waals surface area contributed by atoms with Crippen molar-refractivity contribution in [2.24, 2.45) is 0 Å². The second-order valence-corrected chi connectivity index (χ2v) is 5.05. The van der Waals surface area contributed by atoms with Gasteiger partial charge in [0.25, 0.3) is 0 Å². The van der Waals surface area contributed by atoms with E-state index in [1.807, 2.05) is 22.6 Å². The summed E-state index contributed by atoms with van der Waals surface area (Å²) in [4.78, 5) is 15.5. The monoisotopic (exact) mass is 387 g/mol. The molecule has 0 saturated carbocycles. The first-order chi connectivity index (χ1) is 9.56. The van der Waals surface area contributed by atoms with Crippen LogP contribution < -0.4 is 4.74 Å². The Morgan fingerprint density at radius 2 is 2.05 bits per heavy atom. The molecule has 6 heteroatoms. The normalized spacial score (nSPS) is 10.2. The van der Waals surface area contributed by atoms with Gasteiger partial charge in [0.05, 0.1) is 14.2 Å². The third-order valence-corrected chi connectivity index (χ3v) is 3.53. The van der Waals surface area contributed by atoms with Gasteiger partial charge in [-0.2, -0.15) is 0 Å². The van der Waals surface area contributed by atoms with E-state index in [-0.39, 0.29) is 11.5 Å². The van der Waals surface area contributed by atoms with Gasteiger partial charge in [0.15, 0.2) is 5.69 Å². The fourth-order valence-corrected chi connectivity index (χ4v) is 2.38. The highest BCUT2D eigenvalue weighted by Gasteiger charge is 2.15. The average Bonchev–Trinajstić information content (AvgIpc) is 2.47. The van der Waals surface area contributed by atoms with Crippen LogP contribution in [0.1, 0.15) is 10.5 Å². The topological polar surface area (TPSA) is 48.4 Å². The van der Waals surface area contributed by atoms with E-state index in [0.717, 1.165) is 0 Å². The van der Waals surface area contributed by atoms with Gasteiger partial charge in [-0.05, 0) is 46.9 Å². The van der Waals surface area contributed by atoms with Crippen LogP contribution in [-0.4, -0.2) is 25.2 Å². The number of nitrogens with zero attached hydrogens (tertiary/aromatic N) is 1. The minimum Gasteiger partial charge on any atom is -0.497 e. The molecule has 0 spiro atoms. The Kier molecular flexibility index (Phi) is 4.53. The molecule has 4 nitrogen and oxygen atoms in total. The fraction of sp³-hybridized carbons (Fsp3) is 0.143. The molecule has 1 aromatic carbocycles. The number of methoxy groups -OCH3 is 2. The molecule has 0 N–H and O–H groups in total. The summed E-state index contributed by atoms with van der Waals surface area (Å²) < 4.78 is 24.2. The van der Waals surface area contributed by atoms with Gasteiger partial charge in [0, 0.05) is 20.9 Å². The second-order valence-electron chi connectivity index (χ2n) is 3.89. The van der Waals surface area contributed by atoms with E-state index in [1.54, 1.807) is 18.2 Å². The number of benzene rings is 1. The predicted octanol–water partition coefficient (Wildman–Crippen LogP) is 3.29. The van der Waals surface area contributed by atoms with Gasteiger partial charge in [-0.3, -0.25) is 0 Å². The Morgan fingerprint density at radius 1 is 1.30 bits per heavy atom. The molecule has 1 heterocycles. The first kappa shape index (κ1) is 14.7. The lowest BCUT2D eigenvalue weighted by Crippen LogP contribution is -2.07. The number of hydrogen-bond acceptors (Lipinski definition) is 4. The Hall–Kier alpha value is -1.70. The lowest BCUT2D eigenvalue weighted by Gasteiger charge is -2.08. The zero-order chi connectivity index (χ0) is 14.7. The molecule has 2 aromatic rings. The molecule has 0 aliphatic rings. The third-order valence-electron chi connectivity index (χ3n) is 2.70. The number of carbonyl (C=O) groups excluding carboxylic acids is 1. The maximum absolute atomic E-state index is 13.9. The number of aromatic nitrogens is 1. The molecule has 0 saturated heterocycles. The second kappa shape index (κ2) is 6.17. The Morgan fingerprint density at radius 3 is 2.65 bits per heavy atom. The summed E-state index contributed by atoms with van der Waals surface area (Å²) in [5.41, 5.74) is 1.14. The molecule has 2 rings (SSSR count). The maximum atomic E-state index is 13.9. The molecule has 104 valence electrons. The van der Waals surface area contributed by atoms with Crippen LogP contribution in [-0.2, 0) is 4.74 Å². The van der Waals surface area contributed by atoms with Gasteiger partial charge in [0.1, 0.15) is 11.6 Å². The average molecular weight is 387 g/mol. The minimum absolute atomic E-state index is 0.208. The van der Waals surface area contributed by atoms with E-state index in [9.17, 15) is 9.18 Å². The molecular weight excluding hydrogens is 376 g/mol. The SMILES string of the molecule is COC(=O)c1ncc(-c2cc(OC)ccc2F)cc1I. The van der Waals surface area contributed by atoms with Gasteiger partial charge in [-0.15, -0.1) is 0 Å². The van der Waals surface area contributed by atoms with Crippen LogP contribution >= 0.6 is 22.6 Å². The molecule has 0 unspecified atom stereocenters. The molecule has 20 heavy (non-hydrogen) atoms. The van der Waals surface area contributed by atoms with Gasteiger partial charge in [-0.25, -0.2) is 14.2 Å². The quantitative estimate of drug-likeness (QED) is 0.599. The molecular formula is C14H11FINO3. The van der Waals surface area contributed by atoms with Crippen LogP contribution in [0.4, 0.5) is 4.39 Å². The van der Waals surface area contributed by atoms with Gasteiger partial charge in [0.2, 0.25) is 0 Å². The highest BCUT2D eigenvalue weighted by atomic mass is 127. The largest absolute Gasteiger partial charge is 0.497 e. The lowest BCUT2D eigenvalue weighted by molar-refractivity contribution is 0.0593. The van der Waals surface area contributed by atoms with Crippen molar-refractivity contribution in [1.29, 1.82) is 0 Å². The predicted molar refractivity (Wildman–Crippen MR) is 80.2 cm³/mol. The van der Waals surface area contributed by atoms with Crippen molar-refractivity contribution in [1.82, 2.24) is 4.98 Å². The van der Waals surface area contributed by atoms with Crippen molar-refractivity contribution in [3.8, 4) is 16.9 Å². The number of halogens is 2. The van der Waals surface area contributed by atoms with Crippen LogP contribution in [0.5, 0.6) is 5.75 Å². The highest BCUT2D eigenvalue weighted by molar-refractivity contribution is 14.1. The molecule has 0 radical (unpaired) electrons. The first-order valence-corrected chi connectivity index (χ1v) is 6.72. The number of carbonyl (C=O) groups is 1. The summed E-state index contributed by atoms with van der Waals surface area (Å²) in [6.45, 7) is 0. The molecule has 0 fully saturated rings. The Bertz CT molecular complexity index is 661. The van der Waals surface area contributed by atoms with Crippen molar-refractivity contribution in [3.05, 3.63) is 45.5 Å². The van der Waals surface area contributed by atoms with Crippen molar-refractivity contribution >= 4 is 28.6 Å². The van der Waals surface area contributed by atoms with Crippen LogP contribution in [0.3, 0.4) is 0 Å². The first-order valence-electron chi connectivity index (χ1n) is 5.64. The molecule has 0 bridgehead atoms. The van der Waals surface area contributed by atoms with E-state index in [4.69, 9.17) is 4.74 Å². The van der Waals surface area contributed by atoms with Crippen LogP contribution in [0.2, 0.25) is 0 Å². The Balaban J connectivity index is 2.49. The number of ether oxygens (including phenoxy) is 2. The van der Waals surface area contributed by atoms with Gasteiger partial charge < -0.3 is 9.47 Å². The van der Waals surface area contributed by atoms with E-state index >= 15 is 0 Å². The minimum atomic E-state index is -0.521. The molecule has 0 aliphatic carbocycles. The summed E-state index contributed by atoms with van der Waals surface area (Å²) in [6.07, 6.45) is 1.44. The number of esters is 1. The van der Waals surface area contributed by atoms with Crippen molar-refractivity contribution in [2.75, 3.05) is 14.2 Å². The maximum Gasteiger partial charge on any atom is 0.357 e. The number of pyridine rings is 1. The van der Waals surface area contributed by atoms with Gasteiger partial charge >= 0.3 is 5.97 Å². The van der Waals surface area contributed by atoms with E-state index in [0.29, 0.717) is 20.4 Å². The van der Waals surface area contributed by atoms with Gasteiger partial charge in [-0.1, -0.05) is 0 Å². The summed E-state index contributed by atoms with van der Waals surface area (Å²) in [5, 5.41) is 0. The highest BCUT2D eigenvalue weighted by Crippen LogP contribution is 2.28. The zero-order valence-corrected chi connectivity index (χ0v) is 13.0. The van der Waals surface area contributed by atoms with Crippen LogP contribution in [0.15, 0.2) is 30.5 Å². The molecule has 0 amide bonds. The summed E-state index contributed by atoms with van der Waals surface area (Å²) >= 11 is 1.96. The summed E-state index contributed by atoms with van der Waals surface area (Å²) in [7, 11) is 2.80. The van der Waals surface area contributed by atoms with E-state index < -0.39 is 5.97 Å². The number of rotatable bonds is 3. The standard InChI is InChI=1S/C14H11FINO3/c1-19-9-3-4-11(15)10(6-9)8-5-12(16)13(17-7-8)14(18)20-2/h3-7H,1-2H3. The third kappa shape index (κ3) is 2.90. The van der Waals surface area contributed by atoms with Crippen molar-refractivity contribution in [3.63, 3.8) is 0 Å². The van der Waals surface area contributed by atoms with Crippen LogP contribution in [0.25, 0.3) is 11.1 Å². The smallest absolute Gasteiger partial charge is 0.357 e. The molecule has 0 atom stereocenters. The van der Waals surface area contributed by atoms with Crippen molar-refractivity contribution in [2.45, 2.75) is 0 Å². The van der Waals surface area contributed by atoms with Crippen LogP contribution in [0, 0.1) is 9.39 Å². The molecule has 0 aliphatic heterocycles. The summed E-state index contributed by atoms with van der Waals surface area (Å²) in [6, 6.07) is 6.13. The van der Waals surface area contributed by atoms with E-state index in [1.165, 1.54) is 26.5 Å². The van der Waals surface area contributed by atoms with E-state index in [2.05, 4.69) is 9.72 Å². The molecule has 1 aromatic heterocycles. The van der Waals surface area contributed by atoms with Crippen molar-refractivity contribution < 1.29 is 18.7 Å². The number of hydrogen-bond donors (Lipinski definition) is 0. The Labute approximate surface area is 129 Å². The summed E-state index contributed by atoms with van der Waals surface area (Å²) in [5.74, 6) is -0.352. The zero-order valence-electron chi connectivity index (χ0n) is 10.8. The lowest BCUT2D eigenvalue weighted by atomic mass is 10.1. The fourth-order valence-electron chi connectivity index (χ4n) is 1.68.